The van der Waals surface area contributed by atoms with Gasteiger partial charge in [-0.2, -0.15) is 0 Å². The molecule has 0 unspecified atom stereocenters. The lowest BCUT2D eigenvalue weighted by molar-refractivity contribution is 0.208. The zero-order valence-corrected chi connectivity index (χ0v) is 16.7. The third-order valence-electron chi connectivity index (χ3n) is 3.91. The Hall–Kier alpha value is -1.24. The van der Waals surface area contributed by atoms with E-state index in [9.17, 15) is 4.79 Å². The number of anilines is 2. The fourth-order valence-electron chi connectivity index (χ4n) is 2.63. The second-order valence-corrected chi connectivity index (χ2v) is 7.71. The summed E-state index contributed by atoms with van der Waals surface area (Å²) in [6.45, 7) is 2.91. The minimum absolute atomic E-state index is 0.0838. The molecule has 0 aliphatic carbocycles. The van der Waals surface area contributed by atoms with Crippen molar-refractivity contribution in [1.29, 1.82) is 0 Å². The number of halogens is 3. The van der Waals surface area contributed by atoms with E-state index in [0.717, 1.165) is 38.4 Å². The first-order valence-electron chi connectivity index (χ1n) is 7.54. The Labute approximate surface area is 163 Å². The van der Waals surface area contributed by atoms with Crippen LogP contribution in [0.4, 0.5) is 16.2 Å². The third kappa shape index (κ3) is 4.23. The van der Waals surface area contributed by atoms with E-state index in [1.807, 2.05) is 47.4 Å². The van der Waals surface area contributed by atoms with Crippen LogP contribution >= 0.6 is 43.5 Å². The largest absolute Gasteiger partial charge is 0.368 e. The minimum Gasteiger partial charge on any atom is -0.368 e. The predicted molar refractivity (Wildman–Crippen MR) is 106 cm³/mol. The van der Waals surface area contributed by atoms with Crippen molar-refractivity contribution in [2.75, 3.05) is 36.4 Å². The van der Waals surface area contributed by atoms with Gasteiger partial charge in [0.1, 0.15) is 0 Å². The lowest BCUT2D eigenvalue weighted by Crippen LogP contribution is -2.50. The molecule has 7 heteroatoms. The number of hydrogen-bond donors (Lipinski definition) is 1. The van der Waals surface area contributed by atoms with Crippen molar-refractivity contribution in [3.8, 4) is 0 Å². The van der Waals surface area contributed by atoms with Crippen LogP contribution in [0.5, 0.6) is 0 Å². The first-order valence-corrected chi connectivity index (χ1v) is 9.51. The van der Waals surface area contributed by atoms with Crippen molar-refractivity contribution in [3.63, 3.8) is 0 Å². The summed E-state index contributed by atoms with van der Waals surface area (Å²) in [4.78, 5) is 16.5. The summed E-state index contributed by atoms with van der Waals surface area (Å²) < 4.78 is 1.78. The molecule has 3 rings (SSSR count). The molecule has 2 aromatic carbocycles. The highest BCUT2D eigenvalue weighted by Gasteiger charge is 2.22. The van der Waals surface area contributed by atoms with Crippen molar-refractivity contribution in [3.05, 3.63) is 56.4 Å². The molecule has 2 aromatic rings. The quantitative estimate of drug-likeness (QED) is 0.649. The number of nitrogens with one attached hydrogen (secondary N) is 1. The second-order valence-electron chi connectivity index (χ2n) is 5.51. The monoisotopic (exact) mass is 471 g/mol. The Kier molecular flexibility index (Phi) is 5.69. The zero-order chi connectivity index (χ0) is 17.1. The Balaban J connectivity index is 1.60. The molecule has 24 heavy (non-hydrogen) atoms. The summed E-state index contributed by atoms with van der Waals surface area (Å²) in [6, 6.07) is 13.4. The summed E-state index contributed by atoms with van der Waals surface area (Å²) in [7, 11) is 0. The maximum atomic E-state index is 12.5. The van der Waals surface area contributed by atoms with E-state index in [0.29, 0.717) is 13.1 Å². The van der Waals surface area contributed by atoms with Crippen molar-refractivity contribution < 1.29 is 4.79 Å². The smallest absolute Gasteiger partial charge is 0.321 e. The number of benzene rings is 2. The van der Waals surface area contributed by atoms with Crippen LogP contribution in [0, 0.1) is 0 Å². The van der Waals surface area contributed by atoms with Crippen molar-refractivity contribution in [2.45, 2.75) is 0 Å². The Morgan fingerprint density at radius 1 is 1.04 bits per heavy atom. The summed E-state index contributed by atoms with van der Waals surface area (Å²) in [6.07, 6.45) is 0. The normalized spacial score (nSPS) is 14.6. The van der Waals surface area contributed by atoms with Gasteiger partial charge in [-0.25, -0.2) is 4.79 Å². The van der Waals surface area contributed by atoms with Crippen LogP contribution < -0.4 is 10.2 Å². The summed E-state index contributed by atoms with van der Waals surface area (Å²) >= 11 is 12.9. The highest BCUT2D eigenvalue weighted by atomic mass is 79.9. The van der Waals surface area contributed by atoms with Crippen LogP contribution in [0.25, 0.3) is 0 Å². The average molecular weight is 474 g/mol. The van der Waals surface area contributed by atoms with E-state index in [1.165, 1.54) is 0 Å². The van der Waals surface area contributed by atoms with Crippen LogP contribution in [0.2, 0.25) is 5.02 Å². The van der Waals surface area contributed by atoms with Crippen molar-refractivity contribution >= 4 is 60.9 Å². The first kappa shape index (κ1) is 17.6. The molecule has 0 atom stereocenters. The zero-order valence-electron chi connectivity index (χ0n) is 12.8. The van der Waals surface area contributed by atoms with Gasteiger partial charge in [-0.1, -0.05) is 33.6 Å². The van der Waals surface area contributed by atoms with Gasteiger partial charge in [0.2, 0.25) is 0 Å². The van der Waals surface area contributed by atoms with Crippen LogP contribution in [-0.2, 0) is 0 Å². The number of carbonyl (C=O) groups is 1. The molecular formula is C17H16Br2ClN3O. The van der Waals surface area contributed by atoms with E-state index in [1.54, 1.807) is 0 Å². The fraction of sp³-hybridized carbons (Fsp3) is 0.235. The number of nitrogens with zero attached hydrogens (tertiary/aromatic N) is 2. The van der Waals surface area contributed by atoms with Gasteiger partial charge in [0.05, 0.1) is 5.69 Å². The molecule has 0 radical (unpaired) electrons. The molecule has 0 spiro atoms. The van der Waals surface area contributed by atoms with Gasteiger partial charge < -0.3 is 15.1 Å². The van der Waals surface area contributed by atoms with Gasteiger partial charge in [0.15, 0.2) is 0 Å². The minimum atomic E-state index is -0.0838. The predicted octanol–water partition coefficient (Wildman–Crippen LogP) is 5.22. The highest BCUT2D eigenvalue weighted by Crippen LogP contribution is 2.27. The molecule has 0 bridgehead atoms. The third-order valence-corrected chi connectivity index (χ3v) is 5.33. The maximum absolute atomic E-state index is 12.5. The topological polar surface area (TPSA) is 35.6 Å². The number of urea groups is 1. The van der Waals surface area contributed by atoms with Gasteiger partial charge >= 0.3 is 6.03 Å². The van der Waals surface area contributed by atoms with Crippen molar-refractivity contribution in [1.82, 2.24) is 4.90 Å². The molecule has 1 aliphatic rings. The number of rotatable bonds is 2. The molecule has 126 valence electrons. The fourth-order valence-corrected chi connectivity index (χ4v) is 3.52. The lowest BCUT2D eigenvalue weighted by Gasteiger charge is -2.36. The summed E-state index contributed by atoms with van der Waals surface area (Å²) in [5, 5.41) is 3.68. The van der Waals surface area contributed by atoms with Gasteiger partial charge in [-0.3, -0.25) is 0 Å². The highest BCUT2D eigenvalue weighted by molar-refractivity contribution is 9.11. The van der Waals surface area contributed by atoms with E-state index >= 15 is 0 Å². The number of carbonyl (C=O) groups excluding carboxylic acids is 1. The molecule has 1 N–H and O–H groups in total. The van der Waals surface area contributed by atoms with Crippen LogP contribution in [-0.4, -0.2) is 37.1 Å². The molecule has 1 heterocycles. The second kappa shape index (κ2) is 7.76. The number of hydrogen-bond acceptors (Lipinski definition) is 2. The van der Waals surface area contributed by atoms with Gasteiger partial charge in [0, 0.05) is 45.8 Å². The Bertz CT molecular complexity index is 748. The van der Waals surface area contributed by atoms with Crippen molar-refractivity contribution in [2.24, 2.45) is 0 Å². The standard InChI is InChI=1S/C17H16Br2ClN3O/c18-12-4-5-15(19)16(10-12)21-17(24)23-8-6-22(7-9-23)14-3-1-2-13(20)11-14/h1-5,10-11H,6-9H2,(H,21,24). The van der Waals surface area contributed by atoms with Crippen LogP contribution in [0.1, 0.15) is 0 Å². The summed E-state index contributed by atoms with van der Waals surface area (Å²) in [5.41, 5.74) is 1.85. The number of amides is 2. The molecule has 1 saturated heterocycles. The maximum Gasteiger partial charge on any atom is 0.321 e. The van der Waals surface area contributed by atoms with E-state index in [-0.39, 0.29) is 6.03 Å². The van der Waals surface area contributed by atoms with E-state index in [4.69, 9.17) is 11.6 Å². The Morgan fingerprint density at radius 3 is 2.50 bits per heavy atom. The van der Waals surface area contributed by atoms with E-state index in [2.05, 4.69) is 42.1 Å². The van der Waals surface area contributed by atoms with Crippen LogP contribution in [0.15, 0.2) is 51.4 Å². The molecule has 4 nitrogen and oxygen atoms in total. The molecular weight excluding hydrogens is 457 g/mol. The average Bonchev–Trinajstić information content (AvgIpc) is 2.58. The molecule has 2 amide bonds. The van der Waals surface area contributed by atoms with Gasteiger partial charge in [-0.05, 0) is 52.3 Å². The van der Waals surface area contributed by atoms with Gasteiger partial charge in [0.25, 0.3) is 0 Å². The summed E-state index contributed by atoms with van der Waals surface area (Å²) in [5.74, 6) is 0. The molecule has 1 fully saturated rings. The molecule has 1 aliphatic heterocycles. The first-order chi connectivity index (χ1) is 11.5. The van der Waals surface area contributed by atoms with Gasteiger partial charge in [-0.15, -0.1) is 0 Å². The Morgan fingerprint density at radius 2 is 1.79 bits per heavy atom. The SMILES string of the molecule is O=C(Nc1cc(Br)ccc1Br)N1CCN(c2cccc(Cl)c2)CC1. The lowest BCUT2D eigenvalue weighted by atomic mass is 10.2. The number of piperazine rings is 1. The van der Waals surface area contributed by atoms with E-state index < -0.39 is 0 Å². The molecule has 0 saturated carbocycles. The molecule has 0 aromatic heterocycles. The van der Waals surface area contributed by atoms with Crippen LogP contribution in [0.3, 0.4) is 0 Å².